The minimum absolute atomic E-state index is 0.123. The van der Waals surface area contributed by atoms with Gasteiger partial charge in [0.05, 0.1) is 13.2 Å². The number of rotatable bonds is 5. The highest BCUT2D eigenvalue weighted by Gasteiger charge is 2.10. The van der Waals surface area contributed by atoms with Crippen LogP contribution < -0.4 is 5.32 Å². The van der Waals surface area contributed by atoms with Crippen molar-refractivity contribution in [3.63, 3.8) is 0 Å². The van der Waals surface area contributed by atoms with Crippen molar-refractivity contribution >= 4 is 17.7 Å². The van der Waals surface area contributed by atoms with Gasteiger partial charge in [0.2, 0.25) is 5.91 Å². The van der Waals surface area contributed by atoms with Crippen LogP contribution in [0.2, 0.25) is 0 Å². The third-order valence-corrected chi connectivity index (χ3v) is 3.93. The van der Waals surface area contributed by atoms with E-state index in [0.717, 1.165) is 44.1 Å². The predicted octanol–water partition coefficient (Wildman–Crippen LogP) is 3.17. The van der Waals surface area contributed by atoms with Crippen LogP contribution in [0.1, 0.15) is 11.1 Å². The van der Waals surface area contributed by atoms with Crippen LogP contribution in [0.15, 0.2) is 60.7 Å². The average Bonchev–Trinajstić information content (AvgIpc) is 2.62. The molecular weight excluding hydrogens is 300 g/mol. The normalized spacial score (nSPS) is 15.5. The molecule has 24 heavy (non-hydrogen) atoms. The van der Waals surface area contributed by atoms with Gasteiger partial charge in [0, 0.05) is 31.4 Å². The minimum atomic E-state index is -0.123. The number of carbonyl (C=O) groups is 1. The summed E-state index contributed by atoms with van der Waals surface area (Å²) in [6.45, 7) is 4.38. The summed E-state index contributed by atoms with van der Waals surface area (Å²) in [5, 5.41) is 2.92. The Balaban J connectivity index is 1.57. The lowest BCUT2D eigenvalue weighted by molar-refractivity contribution is -0.111. The highest BCUT2D eigenvalue weighted by molar-refractivity contribution is 6.01. The Hall–Kier alpha value is -2.43. The first-order valence-electron chi connectivity index (χ1n) is 8.23. The van der Waals surface area contributed by atoms with Crippen LogP contribution in [0.4, 0.5) is 5.69 Å². The SMILES string of the molecule is O=C(C=Cc1ccccc1)Nc1cccc(CN2CCOCC2)c1. The molecule has 3 rings (SSSR count). The van der Waals surface area contributed by atoms with E-state index in [4.69, 9.17) is 4.74 Å². The molecule has 0 saturated carbocycles. The molecule has 2 aromatic rings. The third kappa shape index (κ3) is 5.05. The number of nitrogens with one attached hydrogen (secondary N) is 1. The number of ether oxygens (including phenoxy) is 1. The fourth-order valence-corrected chi connectivity index (χ4v) is 2.68. The summed E-state index contributed by atoms with van der Waals surface area (Å²) >= 11 is 0. The van der Waals surface area contributed by atoms with Crippen molar-refractivity contribution in [2.24, 2.45) is 0 Å². The van der Waals surface area contributed by atoms with Gasteiger partial charge in [-0.1, -0.05) is 42.5 Å². The van der Waals surface area contributed by atoms with Gasteiger partial charge in [0.1, 0.15) is 0 Å². The van der Waals surface area contributed by atoms with E-state index in [9.17, 15) is 4.79 Å². The Bertz CT molecular complexity index is 692. The van der Waals surface area contributed by atoms with Crippen molar-refractivity contribution < 1.29 is 9.53 Å². The molecule has 124 valence electrons. The highest BCUT2D eigenvalue weighted by atomic mass is 16.5. The molecule has 2 aromatic carbocycles. The van der Waals surface area contributed by atoms with Gasteiger partial charge < -0.3 is 10.1 Å². The topological polar surface area (TPSA) is 41.6 Å². The molecule has 0 aliphatic carbocycles. The number of nitrogens with zero attached hydrogens (tertiary/aromatic N) is 1. The van der Waals surface area contributed by atoms with Gasteiger partial charge in [-0.05, 0) is 29.3 Å². The van der Waals surface area contributed by atoms with Crippen LogP contribution in [-0.2, 0) is 16.1 Å². The zero-order chi connectivity index (χ0) is 16.6. The lowest BCUT2D eigenvalue weighted by Crippen LogP contribution is -2.35. The van der Waals surface area contributed by atoms with Gasteiger partial charge in [0.25, 0.3) is 0 Å². The van der Waals surface area contributed by atoms with E-state index in [0.29, 0.717) is 0 Å². The van der Waals surface area contributed by atoms with Crippen LogP contribution >= 0.6 is 0 Å². The Kier molecular flexibility index (Phi) is 5.77. The summed E-state index contributed by atoms with van der Waals surface area (Å²) in [7, 11) is 0. The largest absolute Gasteiger partial charge is 0.379 e. The lowest BCUT2D eigenvalue weighted by Gasteiger charge is -2.26. The Morgan fingerprint density at radius 2 is 1.88 bits per heavy atom. The number of hydrogen-bond donors (Lipinski definition) is 1. The summed E-state index contributed by atoms with van der Waals surface area (Å²) in [5.74, 6) is -0.123. The summed E-state index contributed by atoms with van der Waals surface area (Å²) in [5.41, 5.74) is 3.03. The molecule has 1 saturated heterocycles. The van der Waals surface area contributed by atoms with Crippen LogP contribution in [0, 0.1) is 0 Å². The molecule has 1 heterocycles. The molecule has 0 unspecified atom stereocenters. The van der Waals surface area contributed by atoms with E-state index in [1.807, 2.05) is 54.6 Å². The molecule has 4 nitrogen and oxygen atoms in total. The van der Waals surface area contributed by atoms with Crippen molar-refractivity contribution in [1.82, 2.24) is 4.90 Å². The number of hydrogen-bond acceptors (Lipinski definition) is 3. The zero-order valence-electron chi connectivity index (χ0n) is 13.7. The van der Waals surface area contributed by atoms with E-state index in [1.54, 1.807) is 6.08 Å². The number of morpholine rings is 1. The zero-order valence-corrected chi connectivity index (χ0v) is 13.7. The fourth-order valence-electron chi connectivity index (χ4n) is 2.68. The van der Waals surface area contributed by atoms with Gasteiger partial charge in [-0.2, -0.15) is 0 Å². The second-order valence-corrected chi connectivity index (χ2v) is 5.82. The van der Waals surface area contributed by atoms with Crippen LogP contribution in [0.3, 0.4) is 0 Å². The number of benzene rings is 2. The molecule has 1 aliphatic heterocycles. The van der Waals surface area contributed by atoms with Crippen molar-refractivity contribution in [1.29, 1.82) is 0 Å². The molecule has 1 N–H and O–H groups in total. The molecule has 0 radical (unpaired) electrons. The van der Waals surface area contributed by atoms with Gasteiger partial charge >= 0.3 is 0 Å². The third-order valence-electron chi connectivity index (χ3n) is 3.93. The van der Waals surface area contributed by atoms with Gasteiger partial charge in [-0.15, -0.1) is 0 Å². The second kappa shape index (κ2) is 8.43. The molecular formula is C20H22N2O2. The van der Waals surface area contributed by atoms with Crippen LogP contribution in [-0.4, -0.2) is 37.1 Å². The number of amides is 1. The second-order valence-electron chi connectivity index (χ2n) is 5.82. The molecule has 1 fully saturated rings. The molecule has 4 heteroatoms. The van der Waals surface area contributed by atoms with Crippen molar-refractivity contribution in [2.45, 2.75) is 6.54 Å². The first kappa shape index (κ1) is 16.4. The molecule has 0 aromatic heterocycles. The summed E-state index contributed by atoms with van der Waals surface area (Å²) in [4.78, 5) is 14.4. The van der Waals surface area contributed by atoms with E-state index in [2.05, 4.69) is 16.3 Å². The van der Waals surface area contributed by atoms with Gasteiger partial charge in [0.15, 0.2) is 0 Å². The molecule has 0 bridgehead atoms. The fraction of sp³-hybridized carbons (Fsp3) is 0.250. The summed E-state index contributed by atoms with van der Waals surface area (Å²) in [6.07, 6.45) is 3.37. The standard InChI is InChI=1S/C20H22N2O2/c23-20(10-9-17-5-2-1-3-6-17)21-19-8-4-7-18(15-19)16-22-11-13-24-14-12-22/h1-10,15H,11-14,16H2,(H,21,23). The van der Waals surface area contributed by atoms with Gasteiger partial charge in [-0.3, -0.25) is 9.69 Å². The Morgan fingerprint density at radius 3 is 2.67 bits per heavy atom. The first-order chi connectivity index (χ1) is 11.8. The maximum Gasteiger partial charge on any atom is 0.248 e. The van der Waals surface area contributed by atoms with Crippen LogP contribution in [0.5, 0.6) is 0 Å². The first-order valence-corrected chi connectivity index (χ1v) is 8.23. The minimum Gasteiger partial charge on any atom is -0.379 e. The highest BCUT2D eigenvalue weighted by Crippen LogP contribution is 2.14. The van der Waals surface area contributed by atoms with Gasteiger partial charge in [-0.25, -0.2) is 0 Å². The van der Waals surface area contributed by atoms with Crippen molar-refractivity contribution in [3.05, 3.63) is 71.8 Å². The predicted molar refractivity (Wildman–Crippen MR) is 96.6 cm³/mol. The number of anilines is 1. The van der Waals surface area contributed by atoms with Crippen molar-refractivity contribution in [3.8, 4) is 0 Å². The Labute approximate surface area is 142 Å². The summed E-state index contributed by atoms with van der Waals surface area (Å²) in [6, 6.07) is 17.8. The molecule has 1 amide bonds. The van der Waals surface area contributed by atoms with Crippen molar-refractivity contribution in [2.75, 3.05) is 31.6 Å². The maximum atomic E-state index is 12.1. The monoisotopic (exact) mass is 322 g/mol. The van der Waals surface area contributed by atoms with Crippen LogP contribution in [0.25, 0.3) is 6.08 Å². The average molecular weight is 322 g/mol. The quantitative estimate of drug-likeness (QED) is 0.860. The smallest absolute Gasteiger partial charge is 0.248 e. The maximum absolute atomic E-state index is 12.1. The van der Waals surface area contributed by atoms with E-state index in [-0.39, 0.29) is 5.91 Å². The van der Waals surface area contributed by atoms with E-state index in [1.165, 1.54) is 5.56 Å². The van der Waals surface area contributed by atoms with E-state index < -0.39 is 0 Å². The lowest BCUT2D eigenvalue weighted by atomic mass is 10.1. The Morgan fingerprint density at radius 1 is 1.08 bits per heavy atom. The van der Waals surface area contributed by atoms with E-state index >= 15 is 0 Å². The molecule has 0 atom stereocenters. The molecule has 1 aliphatic rings. The number of carbonyl (C=O) groups excluding carboxylic acids is 1. The molecule has 0 spiro atoms. The summed E-state index contributed by atoms with van der Waals surface area (Å²) < 4.78 is 5.37.